The quantitative estimate of drug-likeness (QED) is 0.554. The number of carbonyl (C=O) groups is 1. The summed E-state index contributed by atoms with van der Waals surface area (Å²) in [6.07, 6.45) is 10.5. The Bertz CT molecular complexity index is 1330. The molecule has 0 bridgehead atoms. The first-order valence-corrected chi connectivity index (χ1v) is 10.5. The van der Waals surface area contributed by atoms with Gasteiger partial charge in [-0.2, -0.15) is 0 Å². The summed E-state index contributed by atoms with van der Waals surface area (Å²) in [5.74, 6) is 1.87. The maximum atomic E-state index is 12.1. The fraction of sp³-hybridized carbons (Fsp3) is 0.222. The van der Waals surface area contributed by atoms with Crippen LogP contribution in [0.3, 0.4) is 0 Å². The smallest absolute Gasteiger partial charge is 0.338 e. The molecule has 2 aliphatic heterocycles. The number of benzene rings is 2. The van der Waals surface area contributed by atoms with E-state index in [4.69, 9.17) is 9.47 Å². The highest BCUT2D eigenvalue weighted by molar-refractivity contribution is 6.00. The second-order valence-electron chi connectivity index (χ2n) is 8.38. The van der Waals surface area contributed by atoms with Gasteiger partial charge in [0.1, 0.15) is 5.75 Å². The SMILES string of the molecule is CC1=CC(C)C2=CC12.COC(=O)c1cccc2c1-c1ccc3c(c1=CO2)=CC=C(C)N3. The predicted molar refractivity (Wildman–Crippen MR) is 124 cm³/mol. The van der Waals surface area contributed by atoms with Crippen molar-refractivity contribution >= 4 is 24.0 Å². The van der Waals surface area contributed by atoms with Crippen molar-refractivity contribution in [2.45, 2.75) is 20.8 Å². The van der Waals surface area contributed by atoms with E-state index in [2.05, 4.69) is 37.4 Å². The van der Waals surface area contributed by atoms with Gasteiger partial charge in [-0.05, 0) is 49.6 Å². The lowest BCUT2D eigenvalue weighted by atomic mass is 9.94. The van der Waals surface area contributed by atoms with Crippen LogP contribution in [0.4, 0.5) is 5.69 Å². The van der Waals surface area contributed by atoms with Crippen LogP contribution in [0, 0.1) is 11.8 Å². The topological polar surface area (TPSA) is 47.6 Å². The first kappa shape index (κ1) is 19.4. The Labute approximate surface area is 181 Å². The molecular weight excluding hydrogens is 386 g/mol. The van der Waals surface area contributed by atoms with Crippen LogP contribution in [0.15, 0.2) is 65.4 Å². The highest BCUT2D eigenvalue weighted by atomic mass is 16.5. The van der Waals surface area contributed by atoms with Gasteiger partial charge in [-0.3, -0.25) is 0 Å². The number of ether oxygens (including phenoxy) is 2. The maximum absolute atomic E-state index is 12.1. The van der Waals surface area contributed by atoms with Crippen molar-refractivity contribution in [3.63, 3.8) is 0 Å². The van der Waals surface area contributed by atoms with Gasteiger partial charge >= 0.3 is 5.97 Å². The van der Waals surface area contributed by atoms with Crippen LogP contribution in [0.1, 0.15) is 31.1 Å². The Kier molecular flexibility index (Phi) is 4.58. The highest BCUT2D eigenvalue weighted by Gasteiger charge is 2.34. The van der Waals surface area contributed by atoms with Crippen molar-refractivity contribution < 1.29 is 14.3 Å². The van der Waals surface area contributed by atoms with Gasteiger partial charge in [0.05, 0.1) is 18.9 Å². The summed E-state index contributed by atoms with van der Waals surface area (Å²) in [4.78, 5) is 12.1. The van der Waals surface area contributed by atoms with Crippen molar-refractivity contribution in [1.29, 1.82) is 0 Å². The number of esters is 1. The summed E-state index contributed by atoms with van der Waals surface area (Å²) in [6, 6.07) is 9.44. The molecule has 2 unspecified atom stereocenters. The lowest BCUT2D eigenvalue weighted by molar-refractivity contribution is 0.0601. The van der Waals surface area contributed by atoms with E-state index in [0.29, 0.717) is 11.3 Å². The lowest BCUT2D eigenvalue weighted by Crippen LogP contribution is -2.33. The number of rotatable bonds is 1. The van der Waals surface area contributed by atoms with Crippen LogP contribution in [0.2, 0.25) is 0 Å². The molecule has 1 N–H and O–H groups in total. The molecule has 4 aliphatic rings. The highest BCUT2D eigenvalue weighted by Crippen LogP contribution is 2.47. The average molecular weight is 412 g/mol. The molecule has 2 aromatic carbocycles. The molecule has 156 valence electrons. The summed E-state index contributed by atoms with van der Waals surface area (Å²) in [7, 11) is 1.39. The van der Waals surface area contributed by atoms with E-state index in [1.807, 2.05) is 31.2 Å². The third-order valence-corrected chi connectivity index (χ3v) is 6.26. The van der Waals surface area contributed by atoms with Crippen LogP contribution in [0.5, 0.6) is 5.75 Å². The molecule has 2 aromatic rings. The first-order valence-electron chi connectivity index (χ1n) is 10.5. The minimum absolute atomic E-state index is 0.367. The molecule has 4 heteroatoms. The molecule has 6 rings (SSSR count). The second kappa shape index (κ2) is 7.31. The monoisotopic (exact) mass is 411 g/mol. The van der Waals surface area contributed by atoms with Crippen molar-refractivity contribution in [3.8, 4) is 16.9 Å². The Morgan fingerprint density at radius 3 is 2.55 bits per heavy atom. The molecule has 0 amide bonds. The van der Waals surface area contributed by atoms with Gasteiger partial charge in [0, 0.05) is 33.3 Å². The maximum Gasteiger partial charge on any atom is 0.338 e. The fourth-order valence-corrected chi connectivity index (χ4v) is 4.61. The van der Waals surface area contributed by atoms with Crippen molar-refractivity contribution in [2.24, 2.45) is 11.8 Å². The summed E-state index contributed by atoms with van der Waals surface area (Å²) < 4.78 is 10.7. The molecule has 4 nitrogen and oxygen atoms in total. The predicted octanol–water partition coefficient (Wildman–Crippen LogP) is 4.52. The third kappa shape index (κ3) is 3.28. The minimum Gasteiger partial charge on any atom is -0.465 e. The Morgan fingerprint density at radius 1 is 1.06 bits per heavy atom. The number of allylic oxidation sites excluding steroid dienone is 6. The summed E-state index contributed by atoms with van der Waals surface area (Å²) in [5, 5.41) is 5.36. The Morgan fingerprint density at radius 2 is 1.90 bits per heavy atom. The molecule has 31 heavy (non-hydrogen) atoms. The molecule has 0 fully saturated rings. The largest absolute Gasteiger partial charge is 0.465 e. The van der Waals surface area contributed by atoms with E-state index in [-0.39, 0.29) is 5.97 Å². The standard InChI is InChI=1S/C19H15NO3.C8H10/c1-11-6-7-12-15-10-23-17-5-3-4-14(19(21)22-2)18(17)13(15)8-9-16(12)20-11;1-5-3-6(2)8-4-7(5)8/h3-10,20H,1-2H3;3-5,8H,1-2H3. The number of carbonyl (C=O) groups excluding carboxylic acids is 1. The van der Waals surface area contributed by atoms with E-state index in [1.165, 1.54) is 7.11 Å². The second-order valence-corrected chi connectivity index (χ2v) is 8.38. The molecule has 0 spiro atoms. The fourth-order valence-electron chi connectivity index (χ4n) is 4.61. The van der Waals surface area contributed by atoms with Gasteiger partial charge in [0.25, 0.3) is 0 Å². The van der Waals surface area contributed by atoms with Gasteiger partial charge in [0.15, 0.2) is 0 Å². The average Bonchev–Trinajstić information content (AvgIpc) is 3.54. The normalized spacial score (nSPS) is 20.7. The lowest BCUT2D eigenvalue weighted by Gasteiger charge is -2.20. The summed E-state index contributed by atoms with van der Waals surface area (Å²) in [5.41, 5.74) is 7.59. The number of nitrogens with one attached hydrogen (secondary N) is 1. The first-order chi connectivity index (χ1) is 15.0. The number of hydrogen-bond acceptors (Lipinski definition) is 4. The van der Waals surface area contributed by atoms with Gasteiger partial charge in [-0.25, -0.2) is 4.79 Å². The third-order valence-electron chi connectivity index (χ3n) is 6.26. The zero-order valence-electron chi connectivity index (χ0n) is 18.2. The van der Waals surface area contributed by atoms with Crippen molar-refractivity contribution in [3.05, 3.63) is 81.4 Å². The van der Waals surface area contributed by atoms with Gasteiger partial charge in [-0.1, -0.05) is 48.4 Å². The molecule has 2 aliphatic carbocycles. The van der Waals surface area contributed by atoms with E-state index in [9.17, 15) is 4.79 Å². The van der Waals surface area contributed by atoms with E-state index in [1.54, 1.807) is 29.5 Å². The molecule has 0 saturated carbocycles. The molecule has 2 atom stereocenters. The van der Waals surface area contributed by atoms with Crippen molar-refractivity contribution in [1.82, 2.24) is 0 Å². The van der Waals surface area contributed by atoms with Gasteiger partial charge in [0.2, 0.25) is 0 Å². The molecular formula is C27H25NO3. The van der Waals surface area contributed by atoms with E-state index in [0.717, 1.165) is 44.8 Å². The molecule has 2 heterocycles. The van der Waals surface area contributed by atoms with Crippen LogP contribution in [-0.2, 0) is 4.74 Å². The van der Waals surface area contributed by atoms with Crippen LogP contribution in [0.25, 0.3) is 23.5 Å². The zero-order chi connectivity index (χ0) is 21.7. The number of fused-ring (bicyclic) bond motifs is 6. The summed E-state index contributed by atoms with van der Waals surface area (Å²) >= 11 is 0. The Balaban J connectivity index is 0.000000212. The van der Waals surface area contributed by atoms with Gasteiger partial charge < -0.3 is 14.8 Å². The van der Waals surface area contributed by atoms with Crippen LogP contribution < -0.4 is 20.5 Å². The van der Waals surface area contributed by atoms with E-state index >= 15 is 0 Å². The molecule has 0 saturated heterocycles. The number of anilines is 1. The molecule has 0 radical (unpaired) electrons. The van der Waals surface area contributed by atoms with E-state index < -0.39 is 0 Å². The van der Waals surface area contributed by atoms with Crippen molar-refractivity contribution in [2.75, 3.05) is 12.4 Å². The molecule has 0 aromatic heterocycles. The van der Waals surface area contributed by atoms with Crippen LogP contribution in [-0.4, -0.2) is 13.1 Å². The summed E-state index contributed by atoms with van der Waals surface area (Å²) in [6.45, 7) is 6.50. The number of hydrogen-bond donors (Lipinski definition) is 1. The van der Waals surface area contributed by atoms with Crippen LogP contribution >= 0.6 is 0 Å². The Hall–Kier alpha value is -3.53. The van der Waals surface area contributed by atoms with Gasteiger partial charge in [-0.15, -0.1) is 0 Å². The number of methoxy groups -OCH3 is 1. The zero-order valence-corrected chi connectivity index (χ0v) is 18.2. The minimum atomic E-state index is -0.367.